The summed E-state index contributed by atoms with van der Waals surface area (Å²) in [7, 11) is 0. The van der Waals surface area contributed by atoms with Crippen molar-refractivity contribution in [1.82, 2.24) is 10.6 Å². The van der Waals surface area contributed by atoms with Crippen LogP contribution in [0, 0.1) is 0 Å². The summed E-state index contributed by atoms with van der Waals surface area (Å²) in [5.74, 6) is 0.794. The van der Waals surface area contributed by atoms with Crippen molar-refractivity contribution in [3.63, 3.8) is 0 Å². The van der Waals surface area contributed by atoms with Crippen LogP contribution < -0.4 is 15.4 Å². The molecule has 0 aliphatic rings. The highest BCUT2D eigenvalue weighted by Gasteiger charge is 2.16. The second-order valence-corrected chi connectivity index (χ2v) is 5.69. The summed E-state index contributed by atoms with van der Waals surface area (Å²) in [6, 6.07) is 14.9. The quantitative estimate of drug-likeness (QED) is 0.687. The molecule has 1 unspecified atom stereocenters. The normalized spacial score (nSPS) is 11.6. The van der Waals surface area contributed by atoms with Gasteiger partial charge in [-0.2, -0.15) is 0 Å². The number of ether oxygens (including phenoxy) is 1. The van der Waals surface area contributed by atoms with Crippen LogP contribution in [0.1, 0.15) is 43.0 Å². The standard InChI is InChI=1S/C20H26N2O3/c1-3-18(17-11-7-8-12-19(17)25-4-2)22-20(24)21-13-15-9-5-6-10-16(15)14-23/h5-12,18,23H,3-4,13-14H2,1-2H3,(H2,21,22,24). The van der Waals surface area contributed by atoms with Crippen molar-refractivity contribution in [2.75, 3.05) is 6.61 Å². The second-order valence-electron chi connectivity index (χ2n) is 5.69. The lowest BCUT2D eigenvalue weighted by molar-refractivity contribution is 0.235. The summed E-state index contributed by atoms with van der Waals surface area (Å²) >= 11 is 0. The Labute approximate surface area is 149 Å². The average molecular weight is 342 g/mol. The minimum absolute atomic E-state index is 0.0429. The van der Waals surface area contributed by atoms with Crippen LogP contribution >= 0.6 is 0 Å². The van der Waals surface area contributed by atoms with Crippen LogP contribution in [0.4, 0.5) is 4.79 Å². The van der Waals surface area contributed by atoms with Crippen LogP contribution in [0.15, 0.2) is 48.5 Å². The fraction of sp³-hybridized carbons (Fsp3) is 0.350. The molecular weight excluding hydrogens is 316 g/mol. The number of amides is 2. The van der Waals surface area contributed by atoms with Gasteiger partial charge in [0.1, 0.15) is 5.75 Å². The number of urea groups is 1. The average Bonchev–Trinajstić information content (AvgIpc) is 2.65. The summed E-state index contributed by atoms with van der Waals surface area (Å²) in [5.41, 5.74) is 2.69. The first kappa shape index (κ1) is 18.8. The number of benzene rings is 2. The number of aliphatic hydroxyl groups is 1. The number of nitrogens with one attached hydrogen (secondary N) is 2. The third-order valence-electron chi connectivity index (χ3n) is 4.04. The number of hydrogen-bond acceptors (Lipinski definition) is 3. The molecule has 5 heteroatoms. The van der Waals surface area contributed by atoms with Crippen LogP contribution in [0.25, 0.3) is 0 Å². The lowest BCUT2D eigenvalue weighted by atomic mass is 10.0. The minimum atomic E-state index is -0.245. The van der Waals surface area contributed by atoms with E-state index < -0.39 is 0 Å². The predicted octanol–water partition coefficient (Wildman–Crippen LogP) is 3.53. The maximum Gasteiger partial charge on any atom is 0.315 e. The van der Waals surface area contributed by atoms with E-state index in [1.165, 1.54) is 0 Å². The van der Waals surface area contributed by atoms with Gasteiger partial charge in [0.25, 0.3) is 0 Å². The summed E-state index contributed by atoms with van der Waals surface area (Å²) in [4.78, 5) is 12.3. The fourth-order valence-corrected chi connectivity index (χ4v) is 2.72. The Hall–Kier alpha value is -2.53. The Bertz CT molecular complexity index is 688. The van der Waals surface area contributed by atoms with E-state index >= 15 is 0 Å². The molecule has 0 saturated carbocycles. The van der Waals surface area contributed by atoms with E-state index in [1.54, 1.807) is 0 Å². The van der Waals surface area contributed by atoms with E-state index in [-0.39, 0.29) is 18.7 Å². The summed E-state index contributed by atoms with van der Waals surface area (Å²) in [6.07, 6.45) is 0.755. The first-order valence-corrected chi connectivity index (χ1v) is 8.63. The van der Waals surface area contributed by atoms with Gasteiger partial charge in [-0.1, -0.05) is 49.4 Å². The zero-order chi connectivity index (χ0) is 18.1. The van der Waals surface area contributed by atoms with Crippen LogP contribution in [-0.2, 0) is 13.2 Å². The van der Waals surface area contributed by atoms with Gasteiger partial charge in [0.2, 0.25) is 0 Å². The molecule has 0 saturated heterocycles. The van der Waals surface area contributed by atoms with E-state index in [2.05, 4.69) is 10.6 Å². The molecule has 0 fully saturated rings. The number of hydrogen-bond donors (Lipinski definition) is 3. The number of aliphatic hydroxyl groups excluding tert-OH is 1. The highest BCUT2D eigenvalue weighted by Crippen LogP contribution is 2.27. The Morgan fingerprint density at radius 2 is 1.76 bits per heavy atom. The lowest BCUT2D eigenvalue weighted by Crippen LogP contribution is -2.37. The summed E-state index contributed by atoms with van der Waals surface area (Å²) in [5, 5.41) is 15.2. The van der Waals surface area contributed by atoms with Crippen molar-refractivity contribution in [2.45, 2.75) is 39.5 Å². The van der Waals surface area contributed by atoms with Crippen molar-refractivity contribution in [3.8, 4) is 5.75 Å². The molecule has 3 N–H and O–H groups in total. The first-order chi connectivity index (χ1) is 12.2. The Balaban J connectivity index is 2.00. The molecule has 5 nitrogen and oxygen atoms in total. The largest absolute Gasteiger partial charge is 0.494 e. The maximum absolute atomic E-state index is 12.3. The van der Waals surface area contributed by atoms with Crippen LogP contribution in [0.2, 0.25) is 0 Å². The molecular formula is C20H26N2O3. The van der Waals surface area contributed by atoms with Gasteiger partial charge < -0.3 is 20.5 Å². The van der Waals surface area contributed by atoms with E-state index in [0.29, 0.717) is 13.2 Å². The topological polar surface area (TPSA) is 70.6 Å². The van der Waals surface area contributed by atoms with Gasteiger partial charge in [-0.05, 0) is 30.5 Å². The molecule has 134 valence electrons. The fourth-order valence-electron chi connectivity index (χ4n) is 2.72. The van der Waals surface area contributed by atoms with Crippen molar-refractivity contribution in [1.29, 1.82) is 0 Å². The SMILES string of the molecule is CCOc1ccccc1C(CC)NC(=O)NCc1ccccc1CO. The van der Waals surface area contributed by atoms with Gasteiger partial charge in [-0.3, -0.25) is 0 Å². The molecule has 0 bridgehead atoms. The third kappa shape index (κ3) is 5.22. The first-order valence-electron chi connectivity index (χ1n) is 8.63. The highest BCUT2D eigenvalue weighted by molar-refractivity contribution is 5.74. The van der Waals surface area contributed by atoms with Crippen molar-refractivity contribution < 1.29 is 14.6 Å². The van der Waals surface area contributed by atoms with E-state index in [4.69, 9.17) is 4.74 Å². The third-order valence-corrected chi connectivity index (χ3v) is 4.04. The molecule has 1 atom stereocenters. The van der Waals surface area contributed by atoms with Gasteiger partial charge in [0, 0.05) is 12.1 Å². The van der Waals surface area contributed by atoms with Crippen LogP contribution in [0.5, 0.6) is 5.75 Å². The van der Waals surface area contributed by atoms with Crippen molar-refractivity contribution >= 4 is 6.03 Å². The van der Waals surface area contributed by atoms with Gasteiger partial charge >= 0.3 is 6.03 Å². The van der Waals surface area contributed by atoms with Crippen LogP contribution in [0.3, 0.4) is 0 Å². The van der Waals surface area contributed by atoms with Gasteiger partial charge in [-0.15, -0.1) is 0 Å². The zero-order valence-corrected chi connectivity index (χ0v) is 14.8. The van der Waals surface area contributed by atoms with E-state index in [0.717, 1.165) is 28.9 Å². The van der Waals surface area contributed by atoms with E-state index in [1.807, 2.05) is 62.4 Å². The number of carbonyl (C=O) groups is 1. The van der Waals surface area contributed by atoms with Gasteiger partial charge in [0.05, 0.1) is 19.3 Å². The summed E-state index contributed by atoms with van der Waals surface area (Å²) < 4.78 is 5.66. The molecule has 0 aliphatic carbocycles. The molecule has 0 aromatic heterocycles. The molecule has 2 aromatic rings. The van der Waals surface area contributed by atoms with E-state index in [9.17, 15) is 9.90 Å². The number of para-hydroxylation sites is 1. The highest BCUT2D eigenvalue weighted by atomic mass is 16.5. The predicted molar refractivity (Wildman–Crippen MR) is 98.4 cm³/mol. The molecule has 0 radical (unpaired) electrons. The van der Waals surface area contributed by atoms with Crippen LogP contribution in [-0.4, -0.2) is 17.7 Å². The zero-order valence-electron chi connectivity index (χ0n) is 14.8. The number of rotatable bonds is 8. The Morgan fingerprint density at radius 3 is 2.44 bits per heavy atom. The maximum atomic E-state index is 12.3. The lowest BCUT2D eigenvalue weighted by Gasteiger charge is -2.21. The minimum Gasteiger partial charge on any atom is -0.494 e. The van der Waals surface area contributed by atoms with Gasteiger partial charge in [0.15, 0.2) is 0 Å². The summed E-state index contributed by atoms with van der Waals surface area (Å²) in [6.45, 7) is 4.87. The second kappa shape index (κ2) is 9.69. The Kier molecular flexibility index (Phi) is 7.29. The molecule has 0 aliphatic heterocycles. The molecule has 25 heavy (non-hydrogen) atoms. The molecule has 2 amide bonds. The van der Waals surface area contributed by atoms with Gasteiger partial charge in [-0.25, -0.2) is 4.79 Å². The number of carbonyl (C=O) groups excluding carboxylic acids is 1. The Morgan fingerprint density at radius 1 is 1.08 bits per heavy atom. The van der Waals surface area contributed by atoms with Crippen molar-refractivity contribution in [2.24, 2.45) is 0 Å². The molecule has 0 spiro atoms. The van der Waals surface area contributed by atoms with Crippen molar-refractivity contribution in [3.05, 3.63) is 65.2 Å². The molecule has 2 aromatic carbocycles. The molecule has 2 rings (SSSR count). The monoisotopic (exact) mass is 342 g/mol. The molecule has 0 heterocycles. The smallest absolute Gasteiger partial charge is 0.315 e.